The van der Waals surface area contributed by atoms with Crippen LogP contribution < -0.4 is 16.0 Å². The maximum atomic E-state index is 14.6. The molecule has 3 N–H and O–H groups in total. The fourth-order valence-corrected chi connectivity index (χ4v) is 5.60. The third-order valence-corrected chi connectivity index (χ3v) is 8.09. The van der Waals surface area contributed by atoms with Crippen LogP contribution in [0.25, 0.3) is 6.08 Å². The Balaban J connectivity index is 1.40. The lowest BCUT2D eigenvalue weighted by Gasteiger charge is -2.19. The number of nitrogens with one attached hydrogen (secondary N) is 3. The normalized spacial score (nSPS) is 12.3. The lowest BCUT2D eigenvalue weighted by molar-refractivity contribution is -0.143. The molecule has 15 heteroatoms. The van der Waals surface area contributed by atoms with Gasteiger partial charge in [0.1, 0.15) is 28.0 Å². The molecular formula is C35H22F7N3O4S. The molecule has 1 aromatic heterocycles. The average Bonchev–Trinajstić information content (AvgIpc) is 3.61. The van der Waals surface area contributed by atoms with Gasteiger partial charge in [0, 0.05) is 22.2 Å². The largest absolute Gasteiger partial charge is 0.465 e. The SMILES string of the molecule is O=C(Nc1cccc(SC(C(=O)Nc2c(F)c(F)c(C(F)(F)F)c(F)c2F)c2ccccc2)c1)/C(=C/c1ccco1)NC(=O)c1ccccc1. The summed E-state index contributed by atoms with van der Waals surface area (Å²) in [6.07, 6.45) is -3.09. The maximum absolute atomic E-state index is 14.6. The minimum absolute atomic E-state index is 0.176. The Labute approximate surface area is 283 Å². The second-order valence-corrected chi connectivity index (χ2v) is 11.5. The highest BCUT2D eigenvalue weighted by molar-refractivity contribution is 8.00. The van der Waals surface area contributed by atoms with Crippen molar-refractivity contribution in [2.45, 2.75) is 16.3 Å². The Morgan fingerprint density at radius 3 is 1.98 bits per heavy atom. The summed E-state index contributed by atoms with van der Waals surface area (Å²) in [7, 11) is 0. The number of anilines is 2. The van der Waals surface area contributed by atoms with E-state index in [0.717, 1.165) is 11.8 Å². The van der Waals surface area contributed by atoms with Crippen LogP contribution in [0.1, 0.15) is 32.5 Å². The highest BCUT2D eigenvalue weighted by atomic mass is 32.2. The van der Waals surface area contributed by atoms with Gasteiger partial charge in [0.15, 0.2) is 23.3 Å². The molecule has 0 fully saturated rings. The molecule has 5 rings (SSSR count). The van der Waals surface area contributed by atoms with Crippen molar-refractivity contribution in [1.29, 1.82) is 0 Å². The molecule has 0 aliphatic carbocycles. The summed E-state index contributed by atoms with van der Waals surface area (Å²) >= 11 is 0.783. The van der Waals surface area contributed by atoms with E-state index in [1.54, 1.807) is 53.8 Å². The smallest absolute Gasteiger partial charge is 0.422 e. The molecule has 3 amide bonds. The van der Waals surface area contributed by atoms with E-state index in [1.165, 1.54) is 60.9 Å². The van der Waals surface area contributed by atoms with Crippen LogP contribution in [-0.4, -0.2) is 17.7 Å². The Kier molecular flexibility index (Phi) is 10.8. The number of alkyl halides is 3. The first-order valence-corrected chi connectivity index (χ1v) is 15.2. The molecule has 1 unspecified atom stereocenters. The second-order valence-electron chi connectivity index (χ2n) is 10.3. The highest BCUT2D eigenvalue weighted by Crippen LogP contribution is 2.41. The highest BCUT2D eigenvalue weighted by Gasteiger charge is 2.43. The summed E-state index contributed by atoms with van der Waals surface area (Å²) in [4.78, 5) is 39.9. The molecule has 5 aromatic rings. The van der Waals surface area contributed by atoms with Crippen molar-refractivity contribution in [2.75, 3.05) is 10.6 Å². The predicted molar refractivity (Wildman–Crippen MR) is 171 cm³/mol. The molecule has 0 aliphatic rings. The molecule has 0 saturated carbocycles. The number of rotatable bonds is 10. The van der Waals surface area contributed by atoms with Crippen molar-refractivity contribution in [3.05, 3.63) is 155 Å². The van der Waals surface area contributed by atoms with Crippen molar-refractivity contribution < 1.29 is 49.5 Å². The number of furan rings is 1. The topological polar surface area (TPSA) is 100 Å². The van der Waals surface area contributed by atoms with Gasteiger partial charge in [-0.25, -0.2) is 17.6 Å². The van der Waals surface area contributed by atoms with Crippen LogP contribution in [0, 0.1) is 23.3 Å². The summed E-state index contributed by atoms with van der Waals surface area (Å²) in [5, 5.41) is 5.48. The van der Waals surface area contributed by atoms with Gasteiger partial charge in [0.2, 0.25) is 5.91 Å². The van der Waals surface area contributed by atoms with Gasteiger partial charge in [0.25, 0.3) is 11.8 Å². The maximum Gasteiger partial charge on any atom is 0.422 e. The summed E-state index contributed by atoms with van der Waals surface area (Å²) in [6, 6.07) is 24.7. The quantitative estimate of drug-likeness (QED) is 0.0582. The molecule has 0 radical (unpaired) electrons. The van der Waals surface area contributed by atoms with Crippen LogP contribution >= 0.6 is 11.8 Å². The van der Waals surface area contributed by atoms with Gasteiger partial charge in [-0.2, -0.15) is 13.2 Å². The van der Waals surface area contributed by atoms with E-state index in [2.05, 4.69) is 10.6 Å². The van der Waals surface area contributed by atoms with Gasteiger partial charge in [0.05, 0.1) is 6.26 Å². The fraction of sp³-hybridized carbons (Fsp3) is 0.0571. The van der Waals surface area contributed by atoms with E-state index >= 15 is 0 Å². The van der Waals surface area contributed by atoms with Crippen LogP contribution in [0.5, 0.6) is 0 Å². The molecule has 1 heterocycles. The van der Waals surface area contributed by atoms with E-state index in [-0.39, 0.29) is 28.3 Å². The monoisotopic (exact) mass is 713 g/mol. The summed E-state index contributed by atoms with van der Waals surface area (Å²) in [5.41, 5.74) is -4.01. The average molecular weight is 714 g/mol. The van der Waals surface area contributed by atoms with E-state index in [9.17, 15) is 45.1 Å². The van der Waals surface area contributed by atoms with Crippen LogP contribution in [0.15, 0.2) is 118 Å². The van der Waals surface area contributed by atoms with Crippen molar-refractivity contribution in [3.63, 3.8) is 0 Å². The van der Waals surface area contributed by atoms with Crippen molar-refractivity contribution in [3.8, 4) is 0 Å². The molecule has 50 heavy (non-hydrogen) atoms. The number of halogens is 7. The Morgan fingerprint density at radius 2 is 1.38 bits per heavy atom. The lowest BCUT2D eigenvalue weighted by Crippen LogP contribution is -2.30. The number of carbonyl (C=O) groups is 3. The van der Waals surface area contributed by atoms with Gasteiger partial charge >= 0.3 is 6.18 Å². The van der Waals surface area contributed by atoms with E-state index in [0.29, 0.717) is 4.90 Å². The molecule has 1 atom stereocenters. The molecule has 0 spiro atoms. The third kappa shape index (κ3) is 8.23. The van der Waals surface area contributed by atoms with Crippen molar-refractivity contribution in [1.82, 2.24) is 5.32 Å². The second kappa shape index (κ2) is 15.2. The van der Waals surface area contributed by atoms with Gasteiger partial charge < -0.3 is 20.4 Å². The number of hydrogen-bond acceptors (Lipinski definition) is 5. The first-order valence-electron chi connectivity index (χ1n) is 14.3. The van der Waals surface area contributed by atoms with Gasteiger partial charge in [-0.05, 0) is 48.0 Å². The molecule has 0 bridgehead atoms. The molecule has 256 valence electrons. The molecule has 4 aromatic carbocycles. The van der Waals surface area contributed by atoms with Crippen molar-refractivity contribution >= 4 is 46.9 Å². The number of carbonyl (C=O) groups excluding carboxylic acids is 3. The van der Waals surface area contributed by atoms with E-state index < -0.39 is 63.7 Å². The first kappa shape index (κ1) is 35.5. The zero-order valence-electron chi connectivity index (χ0n) is 25.2. The lowest BCUT2D eigenvalue weighted by atomic mass is 10.1. The van der Waals surface area contributed by atoms with Crippen LogP contribution in [-0.2, 0) is 15.8 Å². The fourth-order valence-electron chi connectivity index (χ4n) is 4.52. The van der Waals surface area contributed by atoms with E-state index in [4.69, 9.17) is 4.42 Å². The Hall–Kier alpha value is -5.83. The molecule has 7 nitrogen and oxygen atoms in total. The Bertz CT molecular complexity index is 2030. The molecule has 0 aliphatic heterocycles. The molecular weight excluding hydrogens is 691 g/mol. The standard InChI is InChI=1S/C35H22F7N3O4S/c36-26-25(35(40,41)42)27(37)29(39)30(28(26)38)45-34(48)31(19-9-3-1-4-10-19)50-23-15-7-13-21(17-23)43-33(47)24(18-22-14-8-16-49-22)44-32(46)20-11-5-2-6-12-20/h1-18,31H,(H,43,47)(H,44,46)(H,45,48)/b24-18-. The summed E-state index contributed by atoms with van der Waals surface area (Å²) in [5.74, 6) is -12.7. The number of thioether (sulfide) groups is 1. The predicted octanol–water partition coefficient (Wildman–Crippen LogP) is 8.74. The van der Waals surface area contributed by atoms with Gasteiger partial charge in [-0.3, -0.25) is 14.4 Å². The third-order valence-electron chi connectivity index (χ3n) is 6.84. The van der Waals surface area contributed by atoms with Crippen LogP contribution in [0.3, 0.4) is 0 Å². The Morgan fingerprint density at radius 1 is 0.740 bits per heavy atom. The number of benzene rings is 4. The molecule has 0 saturated heterocycles. The zero-order chi connectivity index (χ0) is 36.0. The van der Waals surface area contributed by atoms with Gasteiger partial charge in [-0.15, -0.1) is 11.8 Å². The van der Waals surface area contributed by atoms with Crippen molar-refractivity contribution in [2.24, 2.45) is 0 Å². The number of hydrogen-bond donors (Lipinski definition) is 3. The summed E-state index contributed by atoms with van der Waals surface area (Å²) < 4.78 is 102. The number of amides is 3. The van der Waals surface area contributed by atoms with Crippen LogP contribution in [0.4, 0.5) is 42.1 Å². The minimum atomic E-state index is -5.76. The minimum Gasteiger partial charge on any atom is -0.465 e. The van der Waals surface area contributed by atoms with E-state index in [1.807, 2.05) is 0 Å². The first-order chi connectivity index (χ1) is 23.8. The van der Waals surface area contributed by atoms with Crippen LogP contribution in [0.2, 0.25) is 0 Å². The zero-order valence-corrected chi connectivity index (χ0v) is 26.0. The van der Waals surface area contributed by atoms with Gasteiger partial charge in [-0.1, -0.05) is 54.6 Å². The summed E-state index contributed by atoms with van der Waals surface area (Å²) in [6.45, 7) is 0.